The molecule has 0 unspecified atom stereocenters. The van der Waals surface area contributed by atoms with E-state index in [0.29, 0.717) is 30.0 Å². The Hall–Kier alpha value is -2.35. The number of carbonyl (C=O) groups is 1. The molecule has 0 saturated carbocycles. The van der Waals surface area contributed by atoms with E-state index in [1.165, 1.54) is 4.90 Å². The van der Waals surface area contributed by atoms with E-state index in [4.69, 9.17) is 9.52 Å². The number of aromatic nitrogens is 2. The van der Waals surface area contributed by atoms with Crippen LogP contribution in [-0.2, 0) is 0 Å². The van der Waals surface area contributed by atoms with E-state index in [2.05, 4.69) is 25.9 Å². The van der Waals surface area contributed by atoms with Crippen LogP contribution >= 0.6 is 15.9 Å². The van der Waals surface area contributed by atoms with Crippen LogP contribution in [0.3, 0.4) is 0 Å². The van der Waals surface area contributed by atoms with E-state index in [-0.39, 0.29) is 17.1 Å². The smallest absolute Gasteiger partial charge is 0.407 e. The lowest BCUT2D eigenvalue weighted by Crippen LogP contribution is -2.48. The highest BCUT2D eigenvalue weighted by Crippen LogP contribution is 2.30. The number of furan rings is 1. The zero-order chi connectivity index (χ0) is 15.4. The van der Waals surface area contributed by atoms with Gasteiger partial charge in [0.15, 0.2) is 0 Å². The Kier molecular flexibility index (Phi) is 2.77. The van der Waals surface area contributed by atoms with Crippen LogP contribution in [-0.4, -0.2) is 39.2 Å². The summed E-state index contributed by atoms with van der Waals surface area (Å²) in [5, 5.41) is 9.63. The van der Waals surface area contributed by atoms with E-state index in [1.54, 1.807) is 6.07 Å². The quantitative estimate of drug-likeness (QED) is 0.691. The predicted octanol–water partition coefficient (Wildman–Crippen LogP) is 2.51. The van der Waals surface area contributed by atoms with Crippen molar-refractivity contribution in [2.75, 3.05) is 13.1 Å². The van der Waals surface area contributed by atoms with Gasteiger partial charge in [-0.15, -0.1) is 0 Å². The lowest BCUT2D eigenvalue weighted by Gasteiger charge is -2.36. The first-order chi connectivity index (χ1) is 10.5. The third kappa shape index (κ3) is 1.91. The number of benzene rings is 1. The molecule has 0 atom stereocenters. The Morgan fingerprint density at radius 2 is 2.23 bits per heavy atom. The molecular formula is C14H10BrN3O4. The van der Waals surface area contributed by atoms with Gasteiger partial charge in [-0.3, -0.25) is 4.79 Å². The molecule has 3 heterocycles. The van der Waals surface area contributed by atoms with Gasteiger partial charge >= 0.3 is 6.09 Å². The van der Waals surface area contributed by atoms with Crippen LogP contribution < -0.4 is 5.56 Å². The molecule has 22 heavy (non-hydrogen) atoms. The molecule has 1 amide bonds. The summed E-state index contributed by atoms with van der Waals surface area (Å²) >= 11 is 3.39. The molecule has 2 aromatic heterocycles. The maximum atomic E-state index is 12.2. The minimum Gasteiger partial charge on any atom is -0.465 e. The predicted molar refractivity (Wildman–Crippen MR) is 82.2 cm³/mol. The van der Waals surface area contributed by atoms with E-state index in [9.17, 15) is 9.59 Å². The number of nitrogens with zero attached hydrogens (tertiary/aromatic N) is 2. The number of carboxylic acid groups (broad SMARTS) is 1. The van der Waals surface area contributed by atoms with Crippen LogP contribution in [0.1, 0.15) is 11.7 Å². The maximum absolute atomic E-state index is 12.2. The minimum absolute atomic E-state index is 0.0923. The van der Waals surface area contributed by atoms with E-state index in [0.717, 1.165) is 9.86 Å². The maximum Gasteiger partial charge on any atom is 0.407 e. The highest BCUT2D eigenvalue weighted by molar-refractivity contribution is 9.10. The van der Waals surface area contributed by atoms with Crippen LogP contribution in [0, 0.1) is 0 Å². The highest BCUT2D eigenvalue weighted by atomic mass is 79.9. The van der Waals surface area contributed by atoms with E-state index in [1.807, 2.05) is 12.1 Å². The number of fused-ring (bicyclic) bond motifs is 3. The van der Waals surface area contributed by atoms with Gasteiger partial charge in [-0.25, -0.2) is 9.78 Å². The van der Waals surface area contributed by atoms with Crippen molar-refractivity contribution in [3.63, 3.8) is 0 Å². The number of rotatable bonds is 1. The normalized spacial score (nSPS) is 15.4. The molecule has 0 bridgehead atoms. The Balaban J connectivity index is 1.85. The topological polar surface area (TPSA) is 99.4 Å². The fraction of sp³-hybridized carbons (Fsp3) is 0.214. The van der Waals surface area contributed by atoms with Gasteiger partial charge in [0, 0.05) is 22.9 Å². The molecule has 1 aliphatic heterocycles. The van der Waals surface area contributed by atoms with Crippen LogP contribution in [0.4, 0.5) is 4.79 Å². The average Bonchev–Trinajstić information content (AvgIpc) is 2.75. The third-order valence-corrected chi connectivity index (χ3v) is 4.34. The monoisotopic (exact) mass is 363 g/mol. The number of hydrogen-bond acceptors (Lipinski definition) is 4. The Morgan fingerprint density at radius 1 is 1.45 bits per heavy atom. The summed E-state index contributed by atoms with van der Waals surface area (Å²) in [5.41, 5.74) is 0.935. The Bertz CT molecular complexity index is 971. The van der Waals surface area contributed by atoms with Crippen LogP contribution in [0.25, 0.3) is 22.1 Å². The molecule has 3 aromatic rings. The summed E-state index contributed by atoms with van der Waals surface area (Å²) in [5.74, 6) is 0.406. The van der Waals surface area contributed by atoms with Gasteiger partial charge in [0.25, 0.3) is 5.56 Å². The average molecular weight is 364 g/mol. The number of H-pyrrole nitrogens is 1. The van der Waals surface area contributed by atoms with Crippen molar-refractivity contribution in [2.45, 2.75) is 5.92 Å². The van der Waals surface area contributed by atoms with Gasteiger partial charge < -0.3 is 19.4 Å². The summed E-state index contributed by atoms with van der Waals surface area (Å²) in [6.45, 7) is 0.673. The summed E-state index contributed by atoms with van der Waals surface area (Å²) in [6, 6.07) is 5.45. The number of likely N-dealkylation sites (tertiary alicyclic amines) is 1. The standard InChI is InChI=1S/C14H10BrN3O4/c15-7-1-2-9-8(3-7)10-11(22-9)13(19)17-12(16-10)6-4-18(5-6)14(20)21/h1-3,6H,4-5H2,(H,20,21)(H,16,17,19). The Labute approximate surface area is 131 Å². The number of amides is 1. The van der Waals surface area contributed by atoms with Crippen LogP contribution in [0.15, 0.2) is 31.9 Å². The van der Waals surface area contributed by atoms with E-state index >= 15 is 0 Å². The number of aromatic amines is 1. The fourth-order valence-corrected chi connectivity index (χ4v) is 3.01. The number of nitrogens with one attached hydrogen (secondary N) is 1. The number of halogens is 1. The molecule has 4 rings (SSSR count). The molecule has 2 N–H and O–H groups in total. The largest absolute Gasteiger partial charge is 0.465 e. The van der Waals surface area contributed by atoms with Crippen LogP contribution in [0.2, 0.25) is 0 Å². The zero-order valence-electron chi connectivity index (χ0n) is 11.2. The van der Waals surface area contributed by atoms with Crippen molar-refractivity contribution in [2.24, 2.45) is 0 Å². The molecule has 0 aliphatic carbocycles. The molecule has 8 heteroatoms. The molecule has 1 fully saturated rings. The van der Waals surface area contributed by atoms with Crippen molar-refractivity contribution in [1.29, 1.82) is 0 Å². The second-order valence-corrected chi connectivity index (χ2v) is 6.17. The Morgan fingerprint density at radius 3 is 2.95 bits per heavy atom. The van der Waals surface area contributed by atoms with Crippen molar-refractivity contribution in [1.82, 2.24) is 14.9 Å². The minimum atomic E-state index is -0.961. The molecule has 7 nitrogen and oxygen atoms in total. The molecule has 1 saturated heterocycles. The molecule has 0 radical (unpaired) electrons. The number of hydrogen-bond donors (Lipinski definition) is 2. The first kappa shape index (κ1) is 13.3. The first-order valence-corrected chi connectivity index (χ1v) is 7.42. The van der Waals surface area contributed by atoms with Gasteiger partial charge in [-0.1, -0.05) is 15.9 Å². The second kappa shape index (κ2) is 4.57. The lowest BCUT2D eigenvalue weighted by atomic mass is 10.00. The third-order valence-electron chi connectivity index (χ3n) is 3.84. The zero-order valence-corrected chi connectivity index (χ0v) is 12.8. The summed E-state index contributed by atoms with van der Waals surface area (Å²) in [7, 11) is 0. The van der Waals surface area contributed by atoms with Crippen LogP contribution in [0.5, 0.6) is 0 Å². The highest BCUT2D eigenvalue weighted by Gasteiger charge is 2.33. The molecular weight excluding hydrogens is 354 g/mol. The van der Waals surface area contributed by atoms with Gasteiger partial charge in [0.05, 0.1) is 5.92 Å². The van der Waals surface area contributed by atoms with Crippen molar-refractivity contribution >= 4 is 44.1 Å². The van der Waals surface area contributed by atoms with Gasteiger partial charge in [0.1, 0.15) is 16.9 Å². The van der Waals surface area contributed by atoms with Crippen molar-refractivity contribution < 1.29 is 14.3 Å². The van der Waals surface area contributed by atoms with Crippen molar-refractivity contribution in [3.8, 4) is 0 Å². The first-order valence-electron chi connectivity index (χ1n) is 6.63. The fourth-order valence-electron chi connectivity index (χ4n) is 2.64. The summed E-state index contributed by atoms with van der Waals surface area (Å²) in [4.78, 5) is 31.5. The lowest BCUT2D eigenvalue weighted by molar-refractivity contribution is 0.103. The summed E-state index contributed by atoms with van der Waals surface area (Å²) < 4.78 is 6.42. The van der Waals surface area contributed by atoms with E-state index < -0.39 is 6.09 Å². The van der Waals surface area contributed by atoms with Gasteiger partial charge in [-0.05, 0) is 18.2 Å². The molecule has 0 spiro atoms. The van der Waals surface area contributed by atoms with Gasteiger partial charge in [-0.2, -0.15) is 0 Å². The molecule has 1 aromatic carbocycles. The molecule has 1 aliphatic rings. The SMILES string of the molecule is O=C(O)N1CC(c2nc3c(oc4ccc(Br)cc43)c(=O)[nH]2)C1. The second-order valence-electron chi connectivity index (χ2n) is 5.26. The molecule has 112 valence electrons. The van der Waals surface area contributed by atoms with Gasteiger partial charge in [0.2, 0.25) is 5.58 Å². The summed E-state index contributed by atoms with van der Waals surface area (Å²) in [6.07, 6.45) is -0.961. The van der Waals surface area contributed by atoms with Crippen molar-refractivity contribution in [3.05, 3.63) is 38.9 Å².